The van der Waals surface area contributed by atoms with Crippen LogP contribution in [0.1, 0.15) is 104 Å². The first-order valence-corrected chi connectivity index (χ1v) is 31.0. The number of para-hydroxylation sites is 2. The maximum absolute atomic E-state index is 16.9. The molecular formula is C78H69BFN3OS. The van der Waals surface area contributed by atoms with Gasteiger partial charge >= 0.3 is 0 Å². The Morgan fingerprint density at radius 1 is 0.494 bits per heavy atom. The molecule has 0 spiro atoms. The van der Waals surface area contributed by atoms with Gasteiger partial charge in [0.2, 0.25) is 0 Å². The molecule has 7 heteroatoms. The van der Waals surface area contributed by atoms with E-state index in [9.17, 15) is 0 Å². The number of nitrogens with zero attached hydrogens (tertiary/aromatic N) is 3. The number of thiophene rings is 1. The Kier molecular flexibility index (Phi) is 12.0. The summed E-state index contributed by atoms with van der Waals surface area (Å²) in [6.45, 7) is 23.2. The Bertz CT molecular complexity index is 4670. The van der Waals surface area contributed by atoms with Crippen molar-refractivity contribution >= 4 is 117 Å². The highest BCUT2D eigenvalue weighted by Crippen LogP contribution is 2.54. The first kappa shape index (κ1) is 53.1. The minimum absolute atomic E-state index is 0.0233. The van der Waals surface area contributed by atoms with Gasteiger partial charge in [-0.25, -0.2) is 4.39 Å². The Labute approximate surface area is 503 Å². The third-order valence-corrected chi connectivity index (χ3v) is 20.1. The average molecular weight is 1130 g/mol. The molecule has 1 aliphatic carbocycles. The second-order valence-electron chi connectivity index (χ2n) is 27.3. The molecule has 3 aliphatic rings. The van der Waals surface area contributed by atoms with E-state index in [2.05, 4.69) is 266 Å². The van der Waals surface area contributed by atoms with Gasteiger partial charge in [0.25, 0.3) is 6.71 Å². The number of hydrogen-bond acceptors (Lipinski definition) is 5. The van der Waals surface area contributed by atoms with E-state index in [-0.39, 0.29) is 34.2 Å². The number of benzene rings is 10. The molecule has 0 amide bonds. The van der Waals surface area contributed by atoms with E-state index >= 15 is 4.39 Å². The molecule has 0 radical (unpaired) electrons. The van der Waals surface area contributed by atoms with E-state index in [1.54, 1.807) is 12.1 Å². The van der Waals surface area contributed by atoms with E-state index in [1.807, 2.05) is 29.5 Å². The van der Waals surface area contributed by atoms with Gasteiger partial charge in [-0.15, -0.1) is 11.3 Å². The lowest BCUT2D eigenvalue weighted by molar-refractivity contribution is 0.332. The van der Waals surface area contributed by atoms with Crippen LogP contribution >= 0.6 is 11.3 Å². The van der Waals surface area contributed by atoms with Crippen LogP contribution in [-0.4, -0.2) is 6.71 Å². The van der Waals surface area contributed by atoms with Gasteiger partial charge in [-0.3, -0.25) is 0 Å². The van der Waals surface area contributed by atoms with Crippen LogP contribution in [0.3, 0.4) is 0 Å². The first-order chi connectivity index (χ1) is 40.8. The van der Waals surface area contributed by atoms with Gasteiger partial charge in [0, 0.05) is 76.6 Å². The molecule has 10 aromatic carbocycles. The average Bonchev–Trinajstić information content (AvgIpc) is 1.75. The van der Waals surface area contributed by atoms with E-state index < -0.39 is 0 Å². The van der Waals surface area contributed by atoms with Gasteiger partial charge in [-0.05, 0) is 176 Å². The van der Waals surface area contributed by atoms with Crippen LogP contribution in [-0.2, 0) is 21.7 Å². The predicted octanol–water partition coefficient (Wildman–Crippen LogP) is 20.8. The third kappa shape index (κ3) is 8.58. The number of furan rings is 1. The summed E-state index contributed by atoms with van der Waals surface area (Å²) < 4.78 is 26.0. The van der Waals surface area contributed by atoms with E-state index in [4.69, 9.17) is 4.42 Å². The highest BCUT2D eigenvalue weighted by molar-refractivity contribution is 7.33. The molecule has 0 atom stereocenters. The van der Waals surface area contributed by atoms with Gasteiger partial charge in [-0.2, -0.15) is 0 Å². The lowest BCUT2D eigenvalue weighted by Crippen LogP contribution is -2.60. The maximum atomic E-state index is 16.9. The summed E-state index contributed by atoms with van der Waals surface area (Å²) in [5.41, 5.74) is 22.5. The van der Waals surface area contributed by atoms with Crippen LogP contribution in [0.4, 0.5) is 55.6 Å². The molecular weight excluding hydrogens is 1060 g/mol. The van der Waals surface area contributed by atoms with Crippen LogP contribution in [0.15, 0.2) is 217 Å². The summed E-state index contributed by atoms with van der Waals surface area (Å²) >= 11 is 1.91. The molecule has 0 N–H and O–H groups in total. The standard InChI is InChI=1S/C78H69BFN3OS/c1-75(2,3)50-28-31-52(32-29-50)83-68-43-49(56-22-14-17-25-64(56)80)42-67-72(68)79(74-73(83)60-44-51(76(4,5)6)30-39-71(60)85-74)63-37-34-55(47-66(63)82(67)53-35-38-70-59(45-53)58-24-16-19-27-69(58)84-70)81(65-26-18-15-23-57(65)48-20-12-11-13-21-48)54-33-36-61-62(46-54)78(9,10)41-40-77(61,7)8/h11-39,42-47H,40-41H2,1-10H3. The molecule has 0 unspecified atom stereocenters. The van der Waals surface area contributed by atoms with Crippen molar-refractivity contribution in [3.8, 4) is 22.3 Å². The molecule has 0 bridgehead atoms. The van der Waals surface area contributed by atoms with Crippen molar-refractivity contribution in [2.45, 2.75) is 104 Å². The van der Waals surface area contributed by atoms with Crippen molar-refractivity contribution in [3.63, 3.8) is 0 Å². The minimum atomic E-state index is -0.264. The Balaban J connectivity index is 1.06. The van der Waals surface area contributed by atoms with Crippen molar-refractivity contribution in [1.29, 1.82) is 0 Å². The maximum Gasteiger partial charge on any atom is 0.264 e. The Morgan fingerprint density at radius 3 is 1.87 bits per heavy atom. The number of fused-ring (bicyclic) bond motifs is 10. The summed E-state index contributed by atoms with van der Waals surface area (Å²) in [5.74, 6) is -0.264. The summed E-state index contributed by atoms with van der Waals surface area (Å²) in [7, 11) is 0. The van der Waals surface area contributed by atoms with Crippen LogP contribution in [0, 0.1) is 5.82 Å². The van der Waals surface area contributed by atoms with Crippen LogP contribution in [0.25, 0.3) is 54.3 Å². The molecule has 12 aromatic rings. The summed E-state index contributed by atoms with van der Waals surface area (Å²) in [5, 5.41) is 3.31. The van der Waals surface area contributed by atoms with Gasteiger partial charge < -0.3 is 19.1 Å². The highest BCUT2D eigenvalue weighted by Gasteiger charge is 2.47. The number of halogens is 1. The minimum Gasteiger partial charge on any atom is -0.456 e. The quantitative estimate of drug-likeness (QED) is 0.148. The zero-order valence-corrected chi connectivity index (χ0v) is 51.1. The first-order valence-electron chi connectivity index (χ1n) is 30.2. The van der Waals surface area contributed by atoms with Gasteiger partial charge in [0.05, 0.1) is 11.4 Å². The van der Waals surface area contributed by atoms with E-state index in [0.29, 0.717) is 5.56 Å². The largest absolute Gasteiger partial charge is 0.456 e. The fourth-order valence-electron chi connectivity index (χ4n) is 14.1. The molecule has 0 fully saturated rings. The lowest BCUT2D eigenvalue weighted by Gasteiger charge is -2.44. The lowest BCUT2D eigenvalue weighted by atomic mass is 9.36. The molecule has 2 aliphatic heterocycles. The highest BCUT2D eigenvalue weighted by atomic mass is 32.1. The van der Waals surface area contributed by atoms with E-state index in [1.165, 1.54) is 53.7 Å². The molecule has 4 nitrogen and oxygen atoms in total. The Morgan fingerprint density at radius 2 is 1.12 bits per heavy atom. The summed E-state index contributed by atoms with van der Waals surface area (Å²) in [6, 6.07) is 77.3. The molecule has 0 saturated carbocycles. The molecule has 0 saturated heterocycles. The van der Waals surface area contributed by atoms with Crippen molar-refractivity contribution in [2.24, 2.45) is 0 Å². The second-order valence-corrected chi connectivity index (χ2v) is 28.4. The molecule has 15 rings (SSSR count). The van der Waals surface area contributed by atoms with Crippen molar-refractivity contribution in [2.75, 3.05) is 14.7 Å². The fourth-order valence-corrected chi connectivity index (χ4v) is 15.4. The van der Waals surface area contributed by atoms with Crippen molar-refractivity contribution in [1.82, 2.24) is 0 Å². The molecule has 2 aromatic heterocycles. The van der Waals surface area contributed by atoms with Gasteiger partial charge in [0.15, 0.2) is 0 Å². The number of rotatable bonds is 7. The van der Waals surface area contributed by atoms with Crippen molar-refractivity contribution < 1.29 is 8.81 Å². The van der Waals surface area contributed by atoms with E-state index in [0.717, 1.165) is 97.0 Å². The SMILES string of the molecule is CC(C)(C)c1ccc(N2c3cc(-c4ccccc4F)cc4c3B(c3ccc(N(c5ccc6c(c5)C(C)(C)CCC6(C)C)c5ccccc5-c5ccccc5)cc3N4c3ccc4oc5ccccc5c4c3)c3sc4ccc(C(C)(C)C)cc4c32)cc1. The third-order valence-electron chi connectivity index (χ3n) is 18.9. The topological polar surface area (TPSA) is 22.9 Å². The molecule has 85 heavy (non-hydrogen) atoms. The normalized spacial score (nSPS) is 15.0. The van der Waals surface area contributed by atoms with Gasteiger partial charge in [0.1, 0.15) is 17.0 Å². The summed E-state index contributed by atoms with van der Waals surface area (Å²) in [4.78, 5) is 7.50. The zero-order chi connectivity index (χ0) is 58.5. The fraction of sp³-hybridized carbons (Fsp3) is 0.205. The van der Waals surface area contributed by atoms with Crippen LogP contribution in [0.2, 0.25) is 0 Å². The number of anilines is 9. The monoisotopic (exact) mass is 1130 g/mol. The molecule has 418 valence electrons. The van der Waals surface area contributed by atoms with Gasteiger partial charge in [-0.1, -0.05) is 184 Å². The van der Waals surface area contributed by atoms with Crippen LogP contribution in [0.5, 0.6) is 0 Å². The Hall–Kier alpha value is -8.65. The second kappa shape index (κ2) is 19.2. The smallest absolute Gasteiger partial charge is 0.264 e. The predicted molar refractivity (Wildman–Crippen MR) is 361 cm³/mol. The van der Waals surface area contributed by atoms with Crippen molar-refractivity contribution in [3.05, 3.63) is 240 Å². The number of hydrogen-bond donors (Lipinski definition) is 0. The molecule has 4 heterocycles. The van der Waals surface area contributed by atoms with Crippen LogP contribution < -0.4 is 30.4 Å². The summed E-state index contributed by atoms with van der Waals surface area (Å²) in [6.07, 6.45) is 2.24. The zero-order valence-electron chi connectivity index (χ0n) is 50.2.